The quantitative estimate of drug-likeness (QED) is 0.743. The zero-order chi connectivity index (χ0) is 18.5. The van der Waals surface area contributed by atoms with Crippen LogP contribution in [0, 0.1) is 0 Å². The molecule has 3 rings (SSSR count). The van der Waals surface area contributed by atoms with Crippen LogP contribution in [0.5, 0.6) is 11.5 Å². The minimum absolute atomic E-state index is 0.0134. The summed E-state index contributed by atoms with van der Waals surface area (Å²) in [6.45, 7) is 6.63. The number of carbonyl (C=O) groups excluding carboxylic acids is 1. The average Bonchev–Trinajstić information content (AvgIpc) is 2.67. The van der Waals surface area contributed by atoms with Crippen molar-refractivity contribution in [3.8, 4) is 11.5 Å². The molecule has 2 N–H and O–H groups in total. The van der Waals surface area contributed by atoms with E-state index in [1.807, 2.05) is 23.1 Å². The van der Waals surface area contributed by atoms with E-state index in [4.69, 9.17) is 15.2 Å². The van der Waals surface area contributed by atoms with Crippen LogP contribution in [0.4, 0.5) is 0 Å². The van der Waals surface area contributed by atoms with Gasteiger partial charge in [0.2, 0.25) is 0 Å². The van der Waals surface area contributed by atoms with E-state index < -0.39 is 0 Å². The van der Waals surface area contributed by atoms with Crippen molar-refractivity contribution in [3.63, 3.8) is 0 Å². The fourth-order valence-corrected chi connectivity index (χ4v) is 3.72. The minimum Gasteiger partial charge on any atom is -0.493 e. The van der Waals surface area contributed by atoms with Gasteiger partial charge in [-0.3, -0.25) is 9.69 Å². The van der Waals surface area contributed by atoms with Crippen LogP contribution in [-0.2, 0) is 0 Å². The lowest BCUT2D eigenvalue weighted by Crippen LogP contribution is -2.62. The second-order valence-electron chi connectivity index (χ2n) is 7.03. The Labute approximate surface area is 155 Å². The van der Waals surface area contributed by atoms with Gasteiger partial charge >= 0.3 is 0 Å². The van der Waals surface area contributed by atoms with Crippen LogP contribution >= 0.6 is 0 Å². The summed E-state index contributed by atoms with van der Waals surface area (Å²) in [6.07, 6.45) is 0.735. The summed E-state index contributed by atoms with van der Waals surface area (Å²) in [4.78, 5) is 20.0. The van der Waals surface area contributed by atoms with Crippen LogP contribution in [0.3, 0.4) is 0 Å². The number of rotatable bonds is 6. The summed E-state index contributed by atoms with van der Waals surface area (Å²) >= 11 is 0. The molecule has 1 aromatic carbocycles. The molecule has 0 aromatic heterocycles. The predicted octanol–water partition coefficient (Wildman–Crippen LogP) is 0.495. The molecule has 2 saturated heterocycles. The Bertz CT molecular complexity index is 625. The fourth-order valence-electron chi connectivity index (χ4n) is 3.72. The molecule has 0 bridgehead atoms. The van der Waals surface area contributed by atoms with Gasteiger partial charge < -0.3 is 25.0 Å². The van der Waals surface area contributed by atoms with Crippen LogP contribution in [0.15, 0.2) is 18.2 Å². The topological polar surface area (TPSA) is 71.3 Å². The molecule has 7 heteroatoms. The van der Waals surface area contributed by atoms with Crippen LogP contribution < -0.4 is 15.2 Å². The summed E-state index contributed by atoms with van der Waals surface area (Å²) in [5, 5.41) is 0. The molecule has 0 aliphatic carbocycles. The first-order valence-corrected chi connectivity index (χ1v) is 9.35. The van der Waals surface area contributed by atoms with E-state index in [1.54, 1.807) is 7.11 Å². The first-order valence-electron chi connectivity index (χ1n) is 9.35. The molecule has 2 heterocycles. The molecule has 2 fully saturated rings. The van der Waals surface area contributed by atoms with Gasteiger partial charge in [-0.1, -0.05) is 6.07 Å². The number of fused-ring (bicyclic) bond motifs is 1. The summed E-state index contributed by atoms with van der Waals surface area (Å²) in [5.41, 5.74) is 6.12. The van der Waals surface area contributed by atoms with Crippen molar-refractivity contribution < 1.29 is 14.3 Å². The Kier molecular flexibility index (Phi) is 6.34. The van der Waals surface area contributed by atoms with Crippen molar-refractivity contribution in [1.82, 2.24) is 14.7 Å². The van der Waals surface area contributed by atoms with E-state index in [0.717, 1.165) is 45.7 Å². The molecule has 144 valence electrons. The number of hydrogen-bond donors (Lipinski definition) is 1. The van der Waals surface area contributed by atoms with E-state index in [1.165, 1.54) is 0 Å². The number of nitrogens with zero attached hydrogens (tertiary/aromatic N) is 3. The number of amides is 1. The molecule has 2 aliphatic rings. The van der Waals surface area contributed by atoms with Gasteiger partial charge in [0, 0.05) is 45.3 Å². The number of para-hydroxylation sites is 1. The van der Waals surface area contributed by atoms with Gasteiger partial charge in [-0.25, -0.2) is 0 Å². The Morgan fingerprint density at radius 2 is 2.04 bits per heavy atom. The summed E-state index contributed by atoms with van der Waals surface area (Å²) in [5.74, 6) is 1.13. The highest BCUT2D eigenvalue weighted by Gasteiger charge is 2.34. The van der Waals surface area contributed by atoms with Crippen molar-refractivity contribution in [2.24, 2.45) is 5.73 Å². The van der Waals surface area contributed by atoms with Crippen molar-refractivity contribution in [3.05, 3.63) is 23.8 Å². The van der Waals surface area contributed by atoms with Crippen molar-refractivity contribution in [2.75, 3.05) is 66.6 Å². The Morgan fingerprint density at radius 3 is 2.81 bits per heavy atom. The van der Waals surface area contributed by atoms with E-state index in [2.05, 4.69) is 16.8 Å². The molecular weight excluding hydrogens is 332 g/mol. The van der Waals surface area contributed by atoms with Gasteiger partial charge in [-0.15, -0.1) is 0 Å². The molecule has 7 nitrogen and oxygen atoms in total. The van der Waals surface area contributed by atoms with Crippen molar-refractivity contribution in [1.29, 1.82) is 0 Å². The van der Waals surface area contributed by atoms with Gasteiger partial charge in [-0.05, 0) is 32.1 Å². The average molecular weight is 362 g/mol. The number of piperazine rings is 2. The molecule has 1 atom stereocenters. The van der Waals surface area contributed by atoms with Gasteiger partial charge in [0.1, 0.15) is 0 Å². The van der Waals surface area contributed by atoms with Gasteiger partial charge in [0.25, 0.3) is 5.91 Å². The summed E-state index contributed by atoms with van der Waals surface area (Å²) in [7, 11) is 3.74. The number of benzene rings is 1. The third-order valence-corrected chi connectivity index (χ3v) is 5.21. The third-order valence-electron chi connectivity index (χ3n) is 5.21. The highest BCUT2D eigenvalue weighted by Crippen LogP contribution is 2.32. The molecule has 1 amide bonds. The number of hydrogen-bond acceptors (Lipinski definition) is 6. The van der Waals surface area contributed by atoms with E-state index in [0.29, 0.717) is 36.3 Å². The SMILES string of the molecule is COc1cccc(C(=O)N2CCN3CCN(C)C[C@@H]3C2)c1OCCCN. The van der Waals surface area contributed by atoms with Crippen LogP contribution in [0.2, 0.25) is 0 Å². The van der Waals surface area contributed by atoms with Crippen molar-refractivity contribution >= 4 is 5.91 Å². The monoisotopic (exact) mass is 362 g/mol. The highest BCUT2D eigenvalue weighted by molar-refractivity contribution is 5.98. The van der Waals surface area contributed by atoms with Crippen molar-refractivity contribution in [2.45, 2.75) is 12.5 Å². The maximum atomic E-state index is 13.2. The standard InChI is InChI=1S/C19H30N4O3/c1-21-8-9-22-10-11-23(14-15(22)13-21)19(24)16-5-3-6-17(25-2)18(16)26-12-4-7-20/h3,5-6,15H,4,7-14,20H2,1-2H3/t15-/m1/s1. The number of ether oxygens (including phenoxy) is 2. The predicted molar refractivity (Wildman–Crippen MR) is 101 cm³/mol. The maximum Gasteiger partial charge on any atom is 0.257 e. The second-order valence-corrected chi connectivity index (χ2v) is 7.03. The lowest BCUT2D eigenvalue weighted by molar-refractivity contribution is 0.0188. The first-order chi connectivity index (χ1) is 12.6. The third kappa shape index (κ3) is 4.11. The minimum atomic E-state index is 0.0134. The summed E-state index contributed by atoms with van der Waals surface area (Å²) < 4.78 is 11.3. The van der Waals surface area contributed by atoms with Gasteiger partial charge in [0.15, 0.2) is 11.5 Å². The van der Waals surface area contributed by atoms with E-state index >= 15 is 0 Å². The number of likely N-dealkylation sites (N-methyl/N-ethyl adjacent to an activating group) is 1. The van der Waals surface area contributed by atoms with Gasteiger partial charge in [-0.2, -0.15) is 0 Å². The first kappa shape index (κ1) is 18.9. The number of methoxy groups -OCH3 is 1. The molecule has 2 aliphatic heterocycles. The molecule has 0 unspecified atom stereocenters. The lowest BCUT2D eigenvalue weighted by Gasteiger charge is -2.46. The second kappa shape index (κ2) is 8.70. The molecule has 0 spiro atoms. The Balaban J connectivity index is 1.76. The molecular formula is C19H30N4O3. The maximum absolute atomic E-state index is 13.2. The van der Waals surface area contributed by atoms with Crippen LogP contribution in [0.1, 0.15) is 16.8 Å². The number of carbonyl (C=O) groups is 1. The molecule has 1 aromatic rings. The van der Waals surface area contributed by atoms with Gasteiger partial charge in [0.05, 0.1) is 19.3 Å². The highest BCUT2D eigenvalue weighted by atomic mass is 16.5. The van der Waals surface area contributed by atoms with E-state index in [-0.39, 0.29) is 5.91 Å². The largest absolute Gasteiger partial charge is 0.493 e. The van der Waals surface area contributed by atoms with Crippen LogP contribution in [-0.4, -0.2) is 93.2 Å². The number of nitrogens with two attached hydrogens (primary N) is 1. The molecule has 0 radical (unpaired) electrons. The molecule has 0 saturated carbocycles. The Morgan fingerprint density at radius 1 is 1.23 bits per heavy atom. The van der Waals surface area contributed by atoms with Crippen LogP contribution in [0.25, 0.3) is 0 Å². The normalized spacial score (nSPS) is 21.3. The fraction of sp³-hybridized carbons (Fsp3) is 0.632. The zero-order valence-electron chi connectivity index (χ0n) is 15.8. The smallest absolute Gasteiger partial charge is 0.257 e. The summed E-state index contributed by atoms with van der Waals surface area (Å²) in [6, 6.07) is 5.88. The zero-order valence-corrected chi connectivity index (χ0v) is 15.8. The van der Waals surface area contributed by atoms with E-state index in [9.17, 15) is 4.79 Å². The Hall–Kier alpha value is -1.83. The molecule has 26 heavy (non-hydrogen) atoms. The lowest BCUT2D eigenvalue weighted by atomic mass is 10.1.